The molecular weight excluding hydrogens is 306 g/mol. The van der Waals surface area contributed by atoms with Gasteiger partial charge in [-0.25, -0.2) is 0 Å². The van der Waals surface area contributed by atoms with Crippen molar-refractivity contribution < 1.29 is 9.72 Å². The summed E-state index contributed by atoms with van der Waals surface area (Å²) in [5, 5.41) is 11.9. The van der Waals surface area contributed by atoms with Crippen LogP contribution in [0.2, 0.25) is 0 Å². The van der Waals surface area contributed by atoms with E-state index >= 15 is 0 Å². The van der Waals surface area contributed by atoms with Crippen LogP contribution in [0.4, 0.5) is 5.69 Å². The molecule has 0 aliphatic carbocycles. The lowest BCUT2D eigenvalue weighted by Gasteiger charge is -2.15. The molecule has 24 heavy (non-hydrogen) atoms. The minimum Gasteiger partial charge on any atom is -0.370 e. The van der Waals surface area contributed by atoms with E-state index < -0.39 is 10.8 Å². The van der Waals surface area contributed by atoms with E-state index in [-0.39, 0.29) is 18.0 Å². The monoisotopic (exact) mass is 323 g/mol. The Kier molecular flexibility index (Phi) is 4.04. The number of nitro benzene ring substituents is 1. The van der Waals surface area contributed by atoms with Gasteiger partial charge in [0.05, 0.1) is 4.92 Å². The molecule has 0 fully saturated rings. The van der Waals surface area contributed by atoms with E-state index in [0.29, 0.717) is 0 Å². The van der Waals surface area contributed by atoms with Crippen LogP contribution in [0.15, 0.2) is 54.7 Å². The van der Waals surface area contributed by atoms with Gasteiger partial charge in [-0.2, -0.15) is 0 Å². The molecule has 1 heterocycles. The number of hydrogen-bond acceptors (Lipinski definition) is 3. The van der Waals surface area contributed by atoms with Crippen molar-refractivity contribution in [3.63, 3.8) is 0 Å². The van der Waals surface area contributed by atoms with E-state index in [2.05, 4.69) is 0 Å². The Hall–Kier alpha value is -3.15. The molecule has 6 heteroatoms. The minimum atomic E-state index is -0.440. The highest BCUT2D eigenvalue weighted by molar-refractivity contribution is 5.86. The topological polar surface area (TPSA) is 91.2 Å². The number of carbonyl (C=O) groups excluding carboxylic acids is 1. The fraction of sp³-hybridized carbons (Fsp3) is 0.167. The molecule has 0 saturated heterocycles. The van der Waals surface area contributed by atoms with Crippen molar-refractivity contribution >= 4 is 22.5 Å². The van der Waals surface area contributed by atoms with E-state index in [0.717, 1.165) is 22.0 Å². The fourth-order valence-corrected chi connectivity index (χ4v) is 3.09. The van der Waals surface area contributed by atoms with Crippen LogP contribution in [-0.4, -0.2) is 15.4 Å². The molecule has 6 nitrogen and oxygen atoms in total. The standard InChI is InChI=1S/C18H17N3O3/c1-20-11-16(14-4-2-3-5-17(14)20)15(10-18(19)22)12-6-8-13(9-7-12)21(23)24/h2-9,11,15H,10H2,1H3,(H2,19,22)/t15-/m0/s1. The van der Waals surface area contributed by atoms with Crippen LogP contribution in [0.3, 0.4) is 0 Å². The second-order valence-corrected chi connectivity index (χ2v) is 5.78. The van der Waals surface area contributed by atoms with Crippen LogP contribution in [0.1, 0.15) is 23.5 Å². The lowest BCUT2D eigenvalue weighted by Crippen LogP contribution is -2.16. The Bertz CT molecular complexity index is 913. The zero-order chi connectivity index (χ0) is 17.3. The maximum absolute atomic E-state index is 11.6. The normalized spacial score (nSPS) is 12.2. The van der Waals surface area contributed by atoms with Crippen molar-refractivity contribution in [1.82, 2.24) is 4.57 Å². The molecule has 0 aliphatic heterocycles. The first kappa shape index (κ1) is 15.7. The third kappa shape index (κ3) is 2.86. The second-order valence-electron chi connectivity index (χ2n) is 5.78. The first-order valence-electron chi connectivity index (χ1n) is 7.54. The highest BCUT2D eigenvalue weighted by Gasteiger charge is 2.21. The van der Waals surface area contributed by atoms with E-state index in [9.17, 15) is 14.9 Å². The fourth-order valence-electron chi connectivity index (χ4n) is 3.09. The van der Waals surface area contributed by atoms with Crippen molar-refractivity contribution in [2.24, 2.45) is 12.8 Å². The number of nitro groups is 1. The summed E-state index contributed by atoms with van der Waals surface area (Å²) in [6.45, 7) is 0. The van der Waals surface area contributed by atoms with E-state index in [4.69, 9.17) is 5.73 Å². The maximum Gasteiger partial charge on any atom is 0.269 e. The summed E-state index contributed by atoms with van der Waals surface area (Å²) in [4.78, 5) is 22.0. The van der Waals surface area contributed by atoms with Crippen molar-refractivity contribution in [3.05, 3.63) is 76.0 Å². The maximum atomic E-state index is 11.6. The summed E-state index contributed by atoms with van der Waals surface area (Å²) in [7, 11) is 1.95. The van der Waals surface area contributed by atoms with E-state index in [1.54, 1.807) is 12.1 Å². The van der Waals surface area contributed by atoms with Gasteiger partial charge in [0, 0.05) is 48.6 Å². The Balaban J connectivity index is 2.12. The van der Waals surface area contributed by atoms with Crippen LogP contribution in [0.5, 0.6) is 0 Å². The molecule has 3 rings (SSSR count). The van der Waals surface area contributed by atoms with Crippen LogP contribution in [0, 0.1) is 10.1 Å². The first-order valence-corrected chi connectivity index (χ1v) is 7.54. The number of aromatic nitrogens is 1. The van der Waals surface area contributed by atoms with Gasteiger partial charge in [0.25, 0.3) is 5.69 Å². The zero-order valence-electron chi connectivity index (χ0n) is 13.2. The molecule has 1 aromatic heterocycles. The van der Waals surface area contributed by atoms with Crippen LogP contribution in [0.25, 0.3) is 10.9 Å². The highest BCUT2D eigenvalue weighted by Crippen LogP contribution is 2.34. The number of fused-ring (bicyclic) bond motifs is 1. The Morgan fingerprint density at radius 2 is 1.88 bits per heavy atom. The summed E-state index contributed by atoms with van der Waals surface area (Å²) in [6.07, 6.45) is 2.13. The Morgan fingerprint density at radius 3 is 2.50 bits per heavy atom. The zero-order valence-corrected chi connectivity index (χ0v) is 13.2. The van der Waals surface area contributed by atoms with Gasteiger partial charge in [0.2, 0.25) is 5.91 Å². The molecule has 0 aliphatic rings. The lowest BCUT2D eigenvalue weighted by atomic mass is 9.88. The molecule has 0 spiro atoms. The van der Waals surface area contributed by atoms with E-state index in [1.807, 2.05) is 42.1 Å². The van der Waals surface area contributed by atoms with Gasteiger partial charge < -0.3 is 10.3 Å². The molecule has 122 valence electrons. The SMILES string of the molecule is Cn1cc([C@@H](CC(N)=O)c2ccc([N+](=O)[O-])cc2)c2ccccc21. The lowest BCUT2D eigenvalue weighted by molar-refractivity contribution is -0.384. The molecular formula is C18H17N3O3. The van der Waals surface area contributed by atoms with Crippen LogP contribution >= 0.6 is 0 Å². The molecule has 0 radical (unpaired) electrons. The second kappa shape index (κ2) is 6.16. The van der Waals surface area contributed by atoms with Gasteiger partial charge in [-0.1, -0.05) is 30.3 Å². The van der Waals surface area contributed by atoms with Gasteiger partial charge in [0.15, 0.2) is 0 Å². The third-order valence-corrected chi connectivity index (χ3v) is 4.21. The molecule has 3 aromatic rings. The smallest absolute Gasteiger partial charge is 0.269 e. The number of hydrogen-bond donors (Lipinski definition) is 1. The van der Waals surface area contributed by atoms with Gasteiger partial charge in [-0.05, 0) is 17.2 Å². The van der Waals surface area contributed by atoms with Gasteiger partial charge in [-0.15, -0.1) is 0 Å². The molecule has 1 atom stereocenters. The molecule has 0 unspecified atom stereocenters. The number of benzene rings is 2. The van der Waals surface area contributed by atoms with E-state index in [1.165, 1.54) is 12.1 Å². The number of amides is 1. The largest absolute Gasteiger partial charge is 0.370 e. The summed E-state index contributed by atoms with van der Waals surface area (Å²) >= 11 is 0. The van der Waals surface area contributed by atoms with Crippen LogP contribution < -0.4 is 5.73 Å². The number of rotatable bonds is 5. The number of para-hydroxylation sites is 1. The van der Waals surface area contributed by atoms with Crippen molar-refractivity contribution in [2.75, 3.05) is 0 Å². The number of non-ortho nitro benzene ring substituents is 1. The summed E-state index contributed by atoms with van der Waals surface area (Å²) in [5.41, 5.74) is 8.34. The Morgan fingerprint density at radius 1 is 1.21 bits per heavy atom. The molecule has 2 aromatic carbocycles. The van der Waals surface area contributed by atoms with Crippen molar-refractivity contribution in [1.29, 1.82) is 0 Å². The number of primary amides is 1. The average Bonchev–Trinajstić information content (AvgIpc) is 2.90. The third-order valence-electron chi connectivity index (χ3n) is 4.21. The van der Waals surface area contributed by atoms with Crippen molar-refractivity contribution in [2.45, 2.75) is 12.3 Å². The highest BCUT2D eigenvalue weighted by atomic mass is 16.6. The number of aryl methyl sites for hydroxylation is 1. The predicted molar refractivity (Wildman–Crippen MR) is 91.7 cm³/mol. The number of carbonyl (C=O) groups is 1. The quantitative estimate of drug-likeness (QED) is 0.577. The summed E-state index contributed by atoms with van der Waals surface area (Å²) in [6, 6.07) is 14.2. The molecule has 1 amide bonds. The summed E-state index contributed by atoms with van der Waals surface area (Å²) < 4.78 is 2.00. The Labute approximate surface area is 138 Å². The van der Waals surface area contributed by atoms with Gasteiger partial charge >= 0.3 is 0 Å². The first-order chi connectivity index (χ1) is 11.5. The molecule has 0 saturated carbocycles. The minimum absolute atomic E-state index is 0.0227. The van der Waals surface area contributed by atoms with Crippen molar-refractivity contribution in [3.8, 4) is 0 Å². The number of nitrogens with zero attached hydrogens (tertiary/aromatic N) is 2. The average molecular weight is 323 g/mol. The summed E-state index contributed by atoms with van der Waals surface area (Å²) in [5.74, 6) is -0.652. The molecule has 0 bridgehead atoms. The predicted octanol–water partition coefficient (Wildman–Crippen LogP) is 3.09. The number of nitrogens with two attached hydrogens (primary N) is 1. The van der Waals surface area contributed by atoms with Crippen LogP contribution in [-0.2, 0) is 11.8 Å². The van der Waals surface area contributed by atoms with Gasteiger partial charge in [0.1, 0.15) is 0 Å². The van der Waals surface area contributed by atoms with Gasteiger partial charge in [-0.3, -0.25) is 14.9 Å². The molecule has 2 N–H and O–H groups in total.